The van der Waals surface area contributed by atoms with Crippen molar-refractivity contribution in [3.63, 3.8) is 0 Å². The average Bonchev–Trinajstić information content (AvgIpc) is 2.97. The number of aromatic nitrogens is 1. The molecule has 1 aliphatic rings. The first kappa shape index (κ1) is 15.4. The predicted octanol–water partition coefficient (Wildman–Crippen LogP) is 4.10. The van der Waals surface area contributed by atoms with Crippen molar-refractivity contribution in [2.75, 3.05) is 12.3 Å². The molecule has 1 amide bonds. The number of hydrogen-bond acceptors (Lipinski definition) is 4. The summed E-state index contributed by atoms with van der Waals surface area (Å²) in [6, 6.07) is 8.11. The van der Waals surface area contributed by atoms with Crippen LogP contribution in [0.25, 0.3) is 11.1 Å². The molecule has 0 atom stereocenters. The van der Waals surface area contributed by atoms with E-state index in [4.69, 9.17) is 4.42 Å². The molecule has 3 rings (SSSR count). The van der Waals surface area contributed by atoms with Crippen molar-refractivity contribution in [1.82, 2.24) is 9.88 Å². The Kier molecular flexibility index (Phi) is 5.03. The van der Waals surface area contributed by atoms with Crippen molar-refractivity contribution in [1.29, 1.82) is 0 Å². The van der Waals surface area contributed by atoms with E-state index in [1.165, 1.54) is 31.0 Å². The molecular weight excluding hydrogens is 296 g/mol. The van der Waals surface area contributed by atoms with Gasteiger partial charge in [-0.05, 0) is 31.9 Å². The molecule has 2 aromatic rings. The second-order valence-corrected chi connectivity index (χ2v) is 6.63. The summed E-state index contributed by atoms with van der Waals surface area (Å²) in [4.78, 5) is 18.9. The minimum Gasteiger partial charge on any atom is -0.431 e. The molecule has 1 heterocycles. The number of carbonyl (C=O) groups is 1. The lowest BCUT2D eigenvalue weighted by Crippen LogP contribution is -2.42. The third-order valence-corrected chi connectivity index (χ3v) is 5.08. The summed E-state index contributed by atoms with van der Waals surface area (Å²) in [5.41, 5.74) is 1.62. The van der Waals surface area contributed by atoms with Crippen LogP contribution in [0.3, 0.4) is 0 Å². The van der Waals surface area contributed by atoms with E-state index in [0.29, 0.717) is 17.0 Å². The average molecular weight is 318 g/mol. The maximum Gasteiger partial charge on any atom is 0.257 e. The summed E-state index contributed by atoms with van der Waals surface area (Å²) in [6.07, 6.45) is 6.08. The number of para-hydroxylation sites is 2. The lowest BCUT2D eigenvalue weighted by Gasteiger charge is -2.33. The summed E-state index contributed by atoms with van der Waals surface area (Å²) < 4.78 is 5.66. The number of thioether (sulfide) groups is 1. The molecule has 1 aliphatic carbocycles. The molecule has 22 heavy (non-hydrogen) atoms. The van der Waals surface area contributed by atoms with Gasteiger partial charge in [0.1, 0.15) is 5.52 Å². The normalized spacial score (nSPS) is 16.0. The number of rotatable bonds is 5. The first-order valence-corrected chi connectivity index (χ1v) is 9.04. The van der Waals surface area contributed by atoms with Crippen molar-refractivity contribution >= 4 is 28.8 Å². The monoisotopic (exact) mass is 318 g/mol. The largest absolute Gasteiger partial charge is 0.431 e. The zero-order valence-electron chi connectivity index (χ0n) is 13.0. The van der Waals surface area contributed by atoms with Gasteiger partial charge in [-0.2, -0.15) is 0 Å². The summed E-state index contributed by atoms with van der Waals surface area (Å²) in [5.74, 6) is 0.596. The van der Waals surface area contributed by atoms with Crippen LogP contribution in [-0.4, -0.2) is 34.1 Å². The van der Waals surface area contributed by atoms with Crippen molar-refractivity contribution in [3.8, 4) is 0 Å². The van der Waals surface area contributed by atoms with Gasteiger partial charge in [0.05, 0.1) is 5.75 Å². The molecule has 5 heteroatoms. The van der Waals surface area contributed by atoms with Gasteiger partial charge in [0.2, 0.25) is 5.91 Å². The molecule has 0 aliphatic heterocycles. The Morgan fingerprint density at radius 3 is 2.82 bits per heavy atom. The van der Waals surface area contributed by atoms with Gasteiger partial charge in [0.15, 0.2) is 5.58 Å². The van der Waals surface area contributed by atoms with Crippen molar-refractivity contribution in [2.24, 2.45) is 0 Å². The SMILES string of the molecule is CCN(C(=O)CSc1nc2ccccc2o1)C1CCCCC1. The van der Waals surface area contributed by atoms with Gasteiger partial charge in [0.25, 0.3) is 5.22 Å². The molecule has 0 saturated heterocycles. The highest BCUT2D eigenvalue weighted by molar-refractivity contribution is 7.99. The van der Waals surface area contributed by atoms with E-state index in [0.717, 1.165) is 30.5 Å². The second kappa shape index (κ2) is 7.18. The zero-order chi connectivity index (χ0) is 15.4. The molecule has 1 aromatic carbocycles. The van der Waals surface area contributed by atoms with Crippen LogP contribution in [0.15, 0.2) is 33.9 Å². The molecule has 0 N–H and O–H groups in total. The maximum atomic E-state index is 12.5. The molecule has 118 valence electrons. The van der Waals surface area contributed by atoms with E-state index in [2.05, 4.69) is 11.9 Å². The molecule has 1 fully saturated rings. The topological polar surface area (TPSA) is 46.3 Å². The number of amides is 1. The van der Waals surface area contributed by atoms with Crippen LogP contribution in [0, 0.1) is 0 Å². The number of benzene rings is 1. The van der Waals surface area contributed by atoms with Crippen LogP contribution < -0.4 is 0 Å². The molecule has 1 aromatic heterocycles. The minimum atomic E-state index is 0.196. The Bertz CT molecular complexity index is 601. The Balaban J connectivity index is 1.60. The quantitative estimate of drug-likeness (QED) is 0.779. The molecule has 0 unspecified atom stereocenters. The predicted molar refractivity (Wildman–Crippen MR) is 89.0 cm³/mol. The standard InChI is InChI=1S/C17H22N2O2S/c1-2-19(13-8-4-3-5-9-13)16(20)12-22-17-18-14-10-6-7-11-15(14)21-17/h6-7,10-11,13H,2-5,8-9,12H2,1H3. The van der Waals surface area contributed by atoms with Crippen LogP contribution in [-0.2, 0) is 4.79 Å². The van der Waals surface area contributed by atoms with Crippen LogP contribution in [0.1, 0.15) is 39.0 Å². The number of carbonyl (C=O) groups excluding carboxylic acids is 1. The highest BCUT2D eigenvalue weighted by atomic mass is 32.2. The van der Waals surface area contributed by atoms with Crippen molar-refractivity contribution in [2.45, 2.75) is 50.3 Å². The molecule has 0 radical (unpaired) electrons. The molecular formula is C17H22N2O2S. The number of nitrogens with zero attached hydrogens (tertiary/aromatic N) is 2. The third kappa shape index (κ3) is 3.46. The van der Waals surface area contributed by atoms with E-state index in [1.807, 2.05) is 29.2 Å². The van der Waals surface area contributed by atoms with Gasteiger partial charge in [-0.25, -0.2) is 4.98 Å². The summed E-state index contributed by atoms with van der Waals surface area (Å²) >= 11 is 1.39. The van der Waals surface area contributed by atoms with Crippen LogP contribution in [0.4, 0.5) is 0 Å². The Morgan fingerprint density at radius 1 is 1.32 bits per heavy atom. The van der Waals surface area contributed by atoms with E-state index in [-0.39, 0.29) is 5.91 Å². The molecule has 1 saturated carbocycles. The lowest BCUT2D eigenvalue weighted by molar-refractivity contribution is -0.131. The van der Waals surface area contributed by atoms with Crippen LogP contribution >= 0.6 is 11.8 Å². The number of hydrogen-bond donors (Lipinski definition) is 0. The Hall–Kier alpha value is -1.49. The summed E-state index contributed by atoms with van der Waals surface area (Å²) in [7, 11) is 0. The van der Waals surface area contributed by atoms with Gasteiger partial charge in [-0.15, -0.1) is 0 Å². The van der Waals surface area contributed by atoms with E-state index in [1.54, 1.807) is 0 Å². The minimum absolute atomic E-state index is 0.196. The van der Waals surface area contributed by atoms with Gasteiger partial charge in [0, 0.05) is 12.6 Å². The van der Waals surface area contributed by atoms with Gasteiger partial charge in [-0.3, -0.25) is 4.79 Å². The van der Waals surface area contributed by atoms with E-state index < -0.39 is 0 Å². The third-order valence-electron chi connectivity index (χ3n) is 4.27. The Morgan fingerprint density at radius 2 is 2.09 bits per heavy atom. The lowest BCUT2D eigenvalue weighted by atomic mass is 9.94. The van der Waals surface area contributed by atoms with Gasteiger partial charge in [-0.1, -0.05) is 43.2 Å². The van der Waals surface area contributed by atoms with Crippen LogP contribution in [0.5, 0.6) is 0 Å². The highest BCUT2D eigenvalue weighted by Crippen LogP contribution is 2.26. The fourth-order valence-electron chi connectivity index (χ4n) is 3.15. The summed E-state index contributed by atoms with van der Waals surface area (Å²) in [6.45, 7) is 2.86. The smallest absolute Gasteiger partial charge is 0.257 e. The molecule has 0 spiro atoms. The second-order valence-electron chi connectivity index (χ2n) is 5.71. The zero-order valence-corrected chi connectivity index (χ0v) is 13.8. The maximum absolute atomic E-state index is 12.5. The molecule has 0 bridgehead atoms. The summed E-state index contributed by atoms with van der Waals surface area (Å²) in [5, 5.41) is 0.578. The van der Waals surface area contributed by atoms with Crippen molar-refractivity contribution in [3.05, 3.63) is 24.3 Å². The first-order valence-electron chi connectivity index (χ1n) is 8.05. The van der Waals surface area contributed by atoms with E-state index >= 15 is 0 Å². The first-order chi connectivity index (χ1) is 10.8. The van der Waals surface area contributed by atoms with Crippen LogP contribution in [0.2, 0.25) is 0 Å². The van der Waals surface area contributed by atoms with Gasteiger partial charge < -0.3 is 9.32 Å². The highest BCUT2D eigenvalue weighted by Gasteiger charge is 2.24. The Labute approximate surface area is 135 Å². The number of fused-ring (bicyclic) bond motifs is 1. The van der Waals surface area contributed by atoms with Crippen molar-refractivity contribution < 1.29 is 9.21 Å². The number of oxazole rings is 1. The van der Waals surface area contributed by atoms with E-state index in [9.17, 15) is 4.79 Å². The fourth-order valence-corrected chi connectivity index (χ4v) is 3.87. The molecule has 4 nitrogen and oxygen atoms in total. The fraction of sp³-hybridized carbons (Fsp3) is 0.529. The van der Waals surface area contributed by atoms with Gasteiger partial charge >= 0.3 is 0 Å².